The molecule has 1 aromatic heterocycles. The molecular weight excluding hydrogens is 379 g/mol. The summed E-state index contributed by atoms with van der Waals surface area (Å²) in [5, 5.41) is 10.6. The summed E-state index contributed by atoms with van der Waals surface area (Å²) in [5.41, 5.74) is 1.06. The lowest BCUT2D eigenvalue weighted by molar-refractivity contribution is -0.00000493. The van der Waals surface area contributed by atoms with Crippen LogP contribution in [0.15, 0.2) is 96.4 Å². The number of rotatable bonds is 5. The summed E-state index contributed by atoms with van der Waals surface area (Å²) in [4.78, 5) is 0. The van der Waals surface area contributed by atoms with Gasteiger partial charge in [-0.25, -0.2) is 0 Å². The van der Waals surface area contributed by atoms with Gasteiger partial charge < -0.3 is 12.4 Å². The molecule has 2 nitrogen and oxygen atoms in total. The third kappa shape index (κ3) is 3.57. The zero-order valence-corrected chi connectivity index (χ0v) is 16.5. The zero-order chi connectivity index (χ0) is 17.0. The molecule has 0 radical (unpaired) electrons. The van der Waals surface area contributed by atoms with Crippen molar-refractivity contribution in [2.24, 2.45) is 0 Å². The van der Waals surface area contributed by atoms with E-state index >= 15 is 0 Å². The molecule has 0 spiro atoms. The second-order valence-corrected chi connectivity index (χ2v) is 9.97. The number of halogens is 1. The largest absolute Gasteiger partial charge is 1.00 e. The van der Waals surface area contributed by atoms with Gasteiger partial charge >= 0.3 is 0 Å². The number of benzene rings is 3. The van der Waals surface area contributed by atoms with Gasteiger partial charge in [0.1, 0.15) is 35.0 Å². The molecular formula is C21H18ClN2PS. The van der Waals surface area contributed by atoms with Crippen LogP contribution in [0.2, 0.25) is 0 Å². The summed E-state index contributed by atoms with van der Waals surface area (Å²) in [6.07, 6.45) is 0.890. The molecule has 0 atom stereocenters. The Hall–Kier alpha value is -2.06. The fourth-order valence-electron chi connectivity index (χ4n) is 3.26. The van der Waals surface area contributed by atoms with Gasteiger partial charge in [0.25, 0.3) is 0 Å². The SMILES string of the molecule is [Cl-].c1ccc([P+](Cc2csnn2)(c2ccccc2)c2ccccc2)cc1. The molecule has 0 fully saturated rings. The van der Waals surface area contributed by atoms with Crippen LogP contribution in [-0.4, -0.2) is 9.59 Å². The van der Waals surface area contributed by atoms with E-state index in [0.29, 0.717) is 0 Å². The molecule has 130 valence electrons. The third-order valence-electron chi connectivity index (χ3n) is 4.40. The smallest absolute Gasteiger partial charge is 0.118 e. The Bertz CT molecular complexity index is 820. The van der Waals surface area contributed by atoms with Gasteiger partial charge in [0.05, 0.1) is 0 Å². The van der Waals surface area contributed by atoms with Crippen molar-refractivity contribution in [3.8, 4) is 0 Å². The van der Waals surface area contributed by atoms with Gasteiger partial charge in [-0.15, -0.1) is 5.10 Å². The first-order valence-electron chi connectivity index (χ1n) is 8.20. The van der Waals surface area contributed by atoms with E-state index in [1.807, 2.05) is 0 Å². The molecule has 0 saturated heterocycles. The Morgan fingerprint density at radius 2 is 1.08 bits per heavy atom. The van der Waals surface area contributed by atoms with E-state index in [2.05, 4.69) is 106 Å². The lowest BCUT2D eigenvalue weighted by atomic mass is 10.4. The second-order valence-electron chi connectivity index (χ2n) is 5.87. The van der Waals surface area contributed by atoms with Crippen LogP contribution in [0.4, 0.5) is 0 Å². The van der Waals surface area contributed by atoms with Gasteiger partial charge in [-0.3, -0.25) is 0 Å². The first kappa shape index (κ1) is 18.7. The molecule has 0 saturated carbocycles. The molecule has 1 heterocycles. The Morgan fingerprint density at radius 1 is 0.654 bits per heavy atom. The van der Waals surface area contributed by atoms with Crippen molar-refractivity contribution in [3.63, 3.8) is 0 Å². The van der Waals surface area contributed by atoms with Crippen LogP contribution >= 0.6 is 18.8 Å². The molecule has 4 rings (SSSR count). The minimum Gasteiger partial charge on any atom is -1.00 e. The molecule has 3 aromatic carbocycles. The summed E-state index contributed by atoms with van der Waals surface area (Å²) < 4.78 is 4.10. The van der Waals surface area contributed by atoms with Gasteiger partial charge in [0, 0.05) is 5.38 Å². The minimum absolute atomic E-state index is 0. The maximum atomic E-state index is 4.37. The van der Waals surface area contributed by atoms with Crippen LogP contribution in [-0.2, 0) is 6.16 Å². The molecule has 0 aliphatic carbocycles. The van der Waals surface area contributed by atoms with E-state index in [0.717, 1.165) is 11.9 Å². The van der Waals surface area contributed by atoms with E-state index in [1.165, 1.54) is 27.4 Å². The molecule has 0 aliphatic rings. The summed E-state index contributed by atoms with van der Waals surface area (Å²) >= 11 is 1.42. The zero-order valence-electron chi connectivity index (χ0n) is 14.1. The Kier molecular flexibility index (Phi) is 6.16. The molecule has 0 amide bonds. The van der Waals surface area contributed by atoms with E-state index in [9.17, 15) is 0 Å². The van der Waals surface area contributed by atoms with Crippen LogP contribution in [0.1, 0.15) is 5.69 Å². The molecule has 0 N–H and O–H groups in total. The highest BCUT2D eigenvalue weighted by Crippen LogP contribution is 2.57. The minimum atomic E-state index is -1.84. The summed E-state index contributed by atoms with van der Waals surface area (Å²) in [6.45, 7) is 0. The number of hydrogen-bond acceptors (Lipinski definition) is 3. The Labute approximate surface area is 164 Å². The predicted molar refractivity (Wildman–Crippen MR) is 109 cm³/mol. The monoisotopic (exact) mass is 396 g/mol. The maximum Gasteiger partial charge on any atom is 0.118 e. The average molecular weight is 397 g/mol. The fraction of sp³-hybridized carbons (Fsp3) is 0.0476. The van der Waals surface area contributed by atoms with Gasteiger partial charge in [-0.05, 0) is 47.9 Å². The van der Waals surface area contributed by atoms with Gasteiger partial charge in [-0.1, -0.05) is 59.1 Å². The van der Waals surface area contributed by atoms with Gasteiger partial charge in [0.15, 0.2) is 0 Å². The van der Waals surface area contributed by atoms with E-state index in [-0.39, 0.29) is 12.4 Å². The van der Waals surface area contributed by atoms with E-state index < -0.39 is 7.26 Å². The van der Waals surface area contributed by atoms with E-state index in [4.69, 9.17) is 0 Å². The number of nitrogens with zero attached hydrogens (tertiary/aromatic N) is 2. The van der Waals surface area contributed by atoms with Crippen molar-refractivity contribution in [2.75, 3.05) is 0 Å². The lowest BCUT2D eigenvalue weighted by Gasteiger charge is -2.26. The fourth-order valence-corrected chi connectivity index (χ4v) is 7.97. The van der Waals surface area contributed by atoms with Crippen LogP contribution in [0.5, 0.6) is 0 Å². The van der Waals surface area contributed by atoms with Crippen molar-refractivity contribution in [1.29, 1.82) is 0 Å². The van der Waals surface area contributed by atoms with E-state index in [1.54, 1.807) is 0 Å². The molecule has 0 aliphatic heterocycles. The quantitative estimate of drug-likeness (QED) is 0.471. The van der Waals surface area contributed by atoms with Crippen molar-refractivity contribution in [1.82, 2.24) is 9.59 Å². The number of aromatic nitrogens is 2. The van der Waals surface area contributed by atoms with Crippen LogP contribution in [0, 0.1) is 0 Å². The first-order chi connectivity index (χ1) is 12.4. The highest BCUT2D eigenvalue weighted by molar-refractivity contribution is 7.95. The Balaban J connectivity index is 0.00000196. The second kappa shape index (κ2) is 8.55. The molecule has 4 aromatic rings. The topological polar surface area (TPSA) is 25.8 Å². The van der Waals surface area contributed by atoms with Gasteiger partial charge in [-0.2, -0.15) is 0 Å². The average Bonchev–Trinajstić information content (AvgIpc) is 3.21. The molecule has 5 heteroatoms. The van der Waals surface area contributed by atoms with Crippen molar-refractivity contribution >= 4 is 34.7 Å². The van der Waals surface area contributed by atoms with Crippen LogP contribution < -0.4 is 28.3 Å². The lowest BCUT2D eigenvalue weighted by Crippen LogP contribution is -3.00. The molecule has 0 unspecified atom stereocenters. The number of hydrogen-bond donors (Lipinski definition) is 0. The normalized spacial score (nSPS) is 10.9. The third-order valence-corrected chi connectivity index (χ3v) is 9.29. The predicted octanol–water partition coefficient (Wildman–Crippen LogP) is 1.04. The summed E-state index contributed by atoms with van der Waals surface area (Å²) in [7, 11) is -1.84. The molecule has 26 heavy (non-hydrogen) atoms. The maximum absolute atomic E-state index is 4.37. The van der Waals surface area contributed by atoms with Gasteiger partial charge in [0.2, 0.25) is 0 Å². The highest BCUT2D eigenvalue weighted by atomic mass is 35.5. The molecule has 0 bridgehead atoms. The summed E-state index contributed by atoms with van der Waals surface area (Å²) in [5.74, 6) is 0. The standard InChI is InChI=1S/C21H18N2PS.ClH/c1-4-10-19(11-5-1)24(16-18-17-25-23-22-18,20-12-6-2-7-13-20)21-14-8-3-9-15-21;/h1-15,17H,16H2;1H/q+1;/p-1. The summed E-state index contributed by atoms with van der Waals surface area (Å²) in [6, 6.07) is 32.6. The highest BCUT2D eigenvalue weighted by Gasteiger charge is 2.45. The van der Waals surface area contributed by atoms with Crippen LogP contribution in [0.25, 0.3) is 0 Å². The van der Waals surface area contributed by atoms with Crippen LogP contribution in [0.3, 0.4) is 0 Å². The van der Waals surface area contributed by atoms with Crippen molar-refractivity contribution < 1.29 is 12.4 Å². The Morgan fingerprint density at radius 3 is 1.42 bits per heavy atom. The van der Waals surface area contributed by atoms with Crippen molar-refractivity contribution in [2.45, 2.75) is 6.16 Å². The first-order valence-corrected chi connectivity index (χ1v) is 11.0. The van der Waals surface area contributed by atoms with Crippen molar-refractivity contribution in [3.05, 3.63) is 102 Å².